The van der Waals surface area contributed by atoms with Crippen molar-refractivity contribution in [1.82, 2.24) is 19.6 Å². The molecule has 0 N–H and O–H groups in total. The molecule has 0 unspecified atom stereocenters. The first-order valence-corrected chi connectivity index (χ1v) is 2.98. The maximum Gasteiger partial charge on any atom is 0.124 e. The zero-order chi connectivity index (χ0) is 6.97. The van der Waals surface area contributed by atoms with Crippen LogP contribution in [0.5, 0.6) is 0 Å². The summed E-state index contributed by atoms with van der Waals surface area (Å²) in [7, 11) is 0. The van der Waals surface area contributed by atoms with E-state index in [1.165, 1.54) is 0 Å². The summed E-state index contributed by atoms with van der Waals surface area (Å²) in [4.78, 5) is 4.08. The van der Waals surface area contributed by atoms with Crippen molar-refractivity contribution in [3.63, 3.8) is 0 Å². The molecule has 0 radical (unpaired) electrons. The molecular weight excluding hydrogens is 128 g/mol. The van der Waals surface area contributed by atoms with Crippen molar-refractivity contribution in [3.05, 3.63) is 24.5 Å². The van der Waals surface area contributed by atoms with Crippen LogP contribution in [0.1, 0.15) is 5.82 Å². The number of hydrogen-bond acceptors (Lipinski definition) is 3. The molecule has 0 fully saturated rings. The Morgan fingerprint density at radius 2 is 2.20 bits per heavy atom. The fourth-order valence-corrected chi connectivity index (χ4v) is 0.890. The molecule has 0 saturated heterocycles. The van der Waals surface area contributed by atoms with Gasteiger partial charge >= 0.3 is 0 Å². The number of aryl methyl sites for hydroxylation is 1. The molecule has 0 saturated carbocycles. The van der Waals surface area contributed by atoms with E-state index in [1.807, 2.05) is 11.3 Å². The van der Waals surface area contributed by atoms with Gasteiger partial charge in [-0.3, -0.25) is 4.40 Å². The molecule has 2 aromatic heterocycles. The Morgan fingerprint density at radius 1 is 1.30 bits per heavy atom. The summed E-state index contributed by atoms with van der Waals surface area (Å²) in [6, 6.07) is 0. The quantitative estimate of drug-likeness (QED) is 0.524. The first kappa shape index (κ1) is 5.34. The molecule has 10 heavy (non-hydrogen) atoms. The summed E-state index contributed by atoms with van der Waals surface area (Å²) in [6.07, 6.45) is 5.10. The molecule has 0 aliphatic heterocycles. The Morgan fingerprint density at radius 3 is 3.00 bits per heavy atom. The monoisotopic (exact) mass is 134 g/mol. The third kappa shape index (κ3) is 0.586. The summed E-state index contributed by atoms with van der Waals surface area (Å²) < 4.78 is 1.88. The summed E-state index contributed by atoms with van der Waals surface area (Å²) in [5.74, 6) is 0.935. The minimum Gasteiger partial charge on any atom is -0.284 e. The van der Waals surface area contributed by atoms with E-state index in [0.717, 1.165) is 11.3 Å². The van der Waals surface area contributed by atoms with Gasteiger partial charge in [-0.05, 0) is 6.92 Å². The molecule has 50 valence electrons. The van der Waals surface area contributed by atoms with Gasteiger partial charge in [-0.15, -0.1) is 5.10 Å². The standard InChI is InChI=1S/C6H6N4/c1-5-7-2-6-3-8-9-4-10(5)6/h2-4H,1H3. The highest BCUT2D eigenvalue weighted by Crippen LogP contribution is 2.00. The Labute approximate surface area is 57.5 Å². The van der Waals surface area contributed by atoms with E-state index in [0.29, 0.717) is 0 Å². The smallest absolute Gasteiger partial charge is 0.124 e. The minimum atomic E-state index is 0.935. The largest absolute Gasteiger partial charge is 0.284 e. The zero-order valence-electron chi connectivity index (χ0n) is 5.52. The van der Waals surface area contributed by atoms with Crippen LogP contribution >= 0.6 is 0 Å². The van der Waals surface area contributed by atoms with Crippen molar-refractivity contribution in [1.29, 1.82) is 0 Å². The molecule has 0 bridgehead atoms. The molecule has 2 heterocycles. The van der Waals surface area contributed by atoms with Crippen LogP contribution < -0.4 is 0 Å². The van der Waals surface area contributed by atoms with Crippen molar-refractivity contribution in [2.75, 3.05) is 0 Å². The summed E-state index contributed by atoms with van der Waals surface area (Å²) >= 11 is 0. The molecular formula is C6H6N4. The fraction of sp³-hybridized carbons (Fsp3) is 0.167. The minimum absolute atomic E-state index is 0.935. The first-order chi connectivity index (χ1) is 4.88. The normalized spacial score (nSPS) is 10.5. The summed E-state index contributed by atoms with van der Waals surface area (Å²) in [6.45, 7) is 1.93. The lowest BCUT2D eigenvalue weighted by Crippen LogP contribution is -1.90. The van der Waals surface area contributed by atoms with Crippen LogP contribution in [-0.2, 0) is 0 Å². The lowest BCUT2D eigenvalue weighted by molar-refractivity contribution is 0.917. The summed E-state index contributed by atoms with van der Waals surface area (Å²) in [5.41, 5.74) is 0.979. The van der Waals surface area contributed by atoms with Gasteiger partial charge in [-0.25, -0.2) is 4.98 Å². The SMILES string of the molecule is Cc1ncc2cnncn12. The van der Waals surface area contributed by atoms with Gasteiger partial charge in [-0.1, -0.05) is 0 Å². The molecule has 0 atom stereocenters. The molecule has 2 rings (SSSR count). The number of imidazole rings is 1. The van der Waals surface area contributed by atoms with Crippen molar-refractivity contribution in [2.45, 2.75) is 6.92 Å². The average molecular weight is 134 g/mol. The Kier molecular flexibility index (Phi) is 0.943. The van der Waals surface area contributed by atoms with Crippen LogP contribution in [0.15, 0.2) is 18.7 Å². The lowest BCUT2D eigenvalue weighted by Gasteiger charge is -1.89. The van der Waals surface area contributed by atoms with Crippen molar-refractivity contribution < 1.29 is 0 Å². The van der Waals surface area contributed by atoms with Gasteiger partial charge in [0.05, 0.1) is 17.9 Å². The van der Waals surface area contributed by atoms with Gasteiger partial charge in [0.25, 0.3) is 0 Å². The Bertz CT molecular complexity index is 351. The van der Waals surface area contributed by atoms with Gasteiger partial charge < -0.3 is 0 Å². The van der Waals surface area contributed by atoms with Crippen LogP contribution in [0.4, 0.5) is 0 Å². The van der Waals surface area contributed by atoms with E-state index in [1.54, 1.807) is 18.7 Å². The fourth-order valence-electron chi connectivity index (χ4n) is 0.890. The number of nitrogens with zero attached hydrogens (tertiary/aromatic N) is 4. The van der Waals surface area contributed by atoms with Gasteiger partial charge in [0.2, 0.25) is 0 Å². The number of rotatable bonds is 0. The lowest BCUT2D eigenvalue weighted by atomic mass is 10.6. The van der Waals surface area contributed by atoms with E-state index in [4.69, 9.17) is 0 Å². The molecule has 0 aliphatic rings. The zero-order valence-corrected chi connectivity index (χ0v) is 5.52. The van der Waals surface area contributed by atoms with Gasteiger partial charge in [0.15, 0.2) is 0 Å². The topological polar surface area (TPSA) is 43.1 Å². The predicted molar refractivity (Wildman–Crippen MR) is 35.5 cm³/mol. The third-order valence-corrected chi connectivity index (χ3v) is 1.43. The predicted octanol–water partition coefficient (Wildman–Crippen LogP) is 0.433. The van der Waals surface area contributed by atoms with E-state index in [9.17, 15) is 0 Å². The van der Waals surface area contributed by atoms with Crippen LogP contribution in [0, 0.1) is 6.92 Å². The molecule has 4 nitrogen and oxygen atoms in total. The highest BCUT2D eigenvalue weighted by atomic mass is 15.2. The number of fused-ring (bicyclic) bond motifs is 1. The van der Waals surface area contributed by atoms with Crippen molar-refractivity contribution in [3.8, 4) is 0 Å². The highest BCUT2D eigenvalue weighted by Gasteiger charge is 1.94. The Hall–Kier alpha value is -1.45. The Balaban J connectivity index is 2.93. The van der Waals surface area contributed by atoms with Crippen LogP contribution in [-0.4, -0.2) is 19.6 Å². The molecule has 0 aromatic carbocycles. The first-order valence-electron chi connectivity index (χ1n) is 2.98. The van der Waals surface area contributed by atoms with E-state index in [-0.39, 0.29) is 0 Å². The van der Waals surface area contributed by atoms with E-state index < -0.39 is 0 Å². The second-order valence-corrected chi connectivity index (χ2v) is 2.08. The maximum absolute atomic E-state index is 4.08. The van der Waals surface area contributed by atoms with Crippen LogP contribution in [0.3, 0.4) is 0 Å². The second-order valence-electron chi connectivity index (χ2n) is 2.08. The molecule has 4 heteroatoms. The van der Waals surface area contributed by atoms with Gasteiger partial charge in [-0.2, -0.15) is 5.10 Å². The molecule has 2 aromatic rings. The van der Waals surface area contributed by atoms with Crippen molar-refractivity contribution >= 4 is 5.52 Å². The molecule has 0 amide bonds. The highest BCUT2D eigenvalue weighted by molar-refractivity contribution is 5.41. The summed E-state index contributed by atoms with van der Waals surface area (Å²) in [5, 5.41) is 7.43. The molecule has 0 aliphatic carbocycles. The average Bonchev–Trinajstić information content (AvgIpc) is 2.34. The van der Waals surface area contributed by atoms with E-state index in [2.05, 4.69) is 15.2 Å². The van der Waals surface area contributed by atoms with Crippen molar-refractivity contribution in [2.24, 2.45) is 0 Å². The van der Waals surface area contributed by atoms with Gasteiger partial charge in [0, 0.05) is 0 Å². The van der Waals surface area contributed by atoms with Crippen LogP contribution in [0.2, 0.25) is 0 Å². The van der Waals surface area contributed by atoms with Gasteiger partial charge in [0.1, 0.15) is 12.2 Å². The number of aromatic nitrogens is 4. The maximum atomic E-state index is 4.08. The third-order valence-electron chi connectivity index (χ3n) is 1.43. The number of hydrogen-bond donors (Lipinski definition) is 0. The van der Waals surface area contributed by atoms with Crippen LogP contribution in [0.25, 0.3) is 5.52 Å². The molecule has 0 spiro atoms. The second kappa shape index (κ2) is 1.76. The van der Waals surface area contributed by atoms with E-state index >= 15 is 0 Å².